The van der Waals surface area contributed by atoms with E-state index in [9.17, 15) is 4.39 Å². The maximum absolute atomic E-state index is 13.4. The third-order valence-electron chi connectivity index (χ3n) is 2.48. The lowest BCUT2D eigenvalue weighted by Gasteiger charge is -2.12. The van der Waals surface area contributed by atoms with Crippen molar-refractivity contribution in [2.24, 2.45) is 5.73 Å². The summed E-state index contributed by atoms with van der Waals surface area (Å²) in [4.78, 5) is 0. The largest absolute Gasteiger partial charge is 0.324 e. The summed E-state index contributed by atoms with van der Waals surface area (Å²) in [5.74, 6) is -0.300. The minimum absolute atomic E-state index is 0.214. The van der Waals surface area contributed by atoms with Gasteiger partial charge in [-0.3, -0.25) is 0 Å². The van der Waals surface area contributed by atoms with Crippen molar-refractivity contribution in [1.29, 1.82) is 0 Å². The summed E-state index contributed by atoms with van der Waals surface area (Å²) >= 11 is 5.67. The smallest absolute Gasteiger partial charge is 0.129 e. The van der Waals surface area contributed by atoms with E-state index in [1.54, 1.807) is 12.1 Å². The number of hydrogen-bond acceptors (Lipinski definition) is 1. The fourth-order valence-corrected chi connectivity index (χ4v) is 1.73. The molecule has 0 radical (unpaired) electrons. The van der Waals surface area contributed by atoms with Gasteiger partial charge in [0.15, 0.2) is 0 Å². The Bertz CT molecular complexity index is 314. The molecule has 0 fully saturated rings. The minimum Gasteiger partial charge on any atom is -0.324 e. The predicted molar refractivity (Wildman–Crippen MR) is 62.5 cm³/mol. The highest BCUT2D eigenvalue weighted by Crippen LogP contribution is 2.22. The van der Waals surface area contributed by atoms with Gasteiger partial charge in [-0.15, -0.1) is 0 Å². The van der Waals surface area contributed by atoms with Gasteiger partial charge in [-0.05, 0) is 18.6 Å². The zero-order valence-corrected chi connectivity index (χ0v) is 9.73. The molecule has 0 aliphatic carbocycles. The first-order chi connectivity index (χ1) is 7.15. The summed E-state index contributed by atoms with van der Waals surface area (Å²) in [7, 11) is 0. The molecule has 1 unspecified atom stereocenters. The molecule has 0 saturated heterocycles. The lowest BCUT2D eigenvalue weighted by Crippen LogP contribution is -2.11. The van der Waals surface area contributed by atoms with Crippen LogP contribution in [0.5, 0.6) is 0 Å². The quantitative estimate of drug-likeness (QED) is 0.758. The number of benzene rings is 1. The molecule has 0 saturated carbocycles. The van der Waals surface area contributed by atoms with E-state index in [1.807, 2.05) is 0 Å². The third kappa shape index (κ3) is 3.80. The summed E-state index contributed by atoms with van der Waals surface area (Å²) in [6.07, 6.45) is 4.16. The van der Waals surface area contributed by atoms with Crippen molar-refractivity contribution in [2.45, 2.75) is 38.6 Å². The van der Waals surface area contributed by atoms with E-state index >= 15 is 0 Å². The van der Waals surface area contributed by atoms with Crippen molar-refractivity contribution < 1.29 is 4.39 Å². The maximum atomic E-state index is 13.4. The molecular formula is C12H17ClFN. The average Bonchev–Trinajstić information content (AvgIpc) is 2.17. The Balaban J connectivity index is 2.61. The molecule has 15 heavy (non-hydrogen) atoms. The van der Waals surface area contributed by atoms with Crippen LogP contribution in [0.25, 0.3) is 0 Å². The Morgan fingerprint density at radius 2 is 2.13 bits per heavy atom. The number of hydrogen-bond donors (Lipinski definition) is 1. The molecule has 1 aromatic carbocycles. The van der Waals surface area contributed by atoms with Crippen LogP contribution in [0.4, 0.5) is 4.39 Å². The molecule has 2 N–H and O–H groups in total. The second-order valence-electron chi connectivity index (χ2n) is 3.77. The summed E-state index contributed by atoms with van der Waals surface area (Å²) in [6, 6.07) is 4.46. The fraction of sp³-hybridized carbons (Fsp3) is 0.500. The van der Waals surface area contributed by atoms with Gasteiger partial charge in [0, 0.05) is 16.6 Å². The normalized spacial score (nSPS) is 12.8. The van der Waals surface area contributed by atoms with Crippen molar-refractivity contribution in [3.8, 4) is 0 Å². The Labute approximate surface area is 95.4 Å². The Kier molecular flexibility index (Phi) is 5.06. The zero-order valence-electron chi connectivity index (χ0n) is 8.97. The lowest BCUT2D eigenvalue weighted by molar-refractivity contribution is 0.539. The topological polar surface area (TPSA) is 26.0 Å². The first-order valence-electron chi connectivity index (χ1n) is 5.35. The summed E-state index contributed by atoms with van der Waals surface area (Å²) < 4.78 is 13.4. The summed E-state index contributed by atoms with van der Waals surface area (Å²) in [5.41, 5.74) is 6.47. The first kappa shape index (κ1) is 12.5. The molecule has 1 aromatic rings. The summed E-state index contributed by atoms with van der Waals surface area (Å²) in [5, 5.41) is 0.414. The molecule has 0 amide bonds. The van der Waals surface area contributed by atoms with Gasteiger partial charge in [0.1, 0.15) is 5.82 Å². The van der Waals surface area contributed by atoms with Crippen LogP contribution in [0.15, 0.2) is 18.2 Å². The van der Waals surface area contributed by atoms with Crippen LogP contribution < -0.4 is 5.73 Å². The van der Waals surface area contributed by atoms with Gasteiger partial charge in [0.2, 0.25) is 0 Å². The van der Waals surface area contributed by atoms with Gasteiger partial charge in [0.25, 0.3) is 0 Å². The van der Waals surface area contributed by atoms with Gasteiger partial charge in [-0.2, -0.15) is 0 Å². The van der Waals surface area contributed by atoms with Crippen LogP contribution in [-0.2, 0) is 0 Å². The molecule has 0 heterocycles. The molecule has 0 bridgehead atoms. The van der Waals surface area contributed by atoms with Gasteiger partial charge in [-0.1, -0.05) is 43.9 Å². The SMILES string of the molecule is CCCCCC(N)c1ccc(Cl)cc1F. The van der Waals surface area contributed by atoms with Crippen molar-refractivity contribution in [2.75, 3.05) is 0 Å². The van der Waals surface area contributed by atoms with Crippen LogP contribution in [0.2, 0.25) is 5.02 Å². The fourth-order valence-electron chi connectivity index (χ4n) is 1.57. The number of unbranched alkanes of at least 4 members (excludes halogenated alkanes) is 2. The second kappa shape index (κ2) is 6.09. The second-order valence-corrected chi connectivity index (χ2v) is 4.20. The van der Waals surface area contributed by atoms with Gasteiger partial charge < -0.3 is 5.73 Å². The first-order valence-corrected chi connectivity index (χ1v) is 5.73. The van der Waals surface area contributed by atoms with E-state index in [1.165, 1.54) is 6.07 Å². The molecule has 0 aliphatic rings. The van der Waals surface area contributed by atoms with E-state index in [-0.39, 0.29) is 11.9 Å². The van der Waals surface area contributed by atoms with Crippen LogP contribution in [0.3, 0.4) is 0 Å². The lowest BCUT2D eigenvalue weighted by atomic mass is 10.0. The Morgan fingerprint density at radius 3 is 2.73 bits per heavy atom. The molecular weight excluding hydrogens is 213 g/mol. The van der Waals surface area contributed by atoms with Crippen LogP contribution >= 0.6 is 11.6 Å². The molecule has 0 aliphatic heterocycles. The minimum atomic E-state index is -0.300. The number of halogens is 2. The zero-order chi connectivity index (χ0) is 11.3. The van der Waals surface area contributed by atoms with Crippen LogP contribution in [0.1, 0.15) is 44.2 Å². The van der Waals surface area contributed by atoms with E-state index < -0.39 is 0 Å². The Morgan fingerprint density at radius 1 is 1.40 bits per heavy atom. The Hall–Kier alpha value is -0.600. The predicted octanol–water partition coefficient (Wildman–Crippen LogP) is 4.06. The molecule has 0 aromatic heterocycles. The summed E-state index contributed by atoms with van der Waals surface area (Å²) in [6.45, 7) is 2.13. The van der Waals surface area contributed by atoms with Crippen molar-refractivity contribution in [3.63, 3.8) is 0 Å². The van der Waals surface area contributed by atoms with Crippen molar-refractivity contribution in [3.05, 3.63) is 34.6 Å². The highest BCUT2D eigenvalue weighted by Gasteiger charge is 2.10. The van der Waals surface area contributed by atoms with E-state index in [2.05, 4.69) is 6.92 Å². The standard InChI is InChI=1S/C12H17ClFN/c1-2-3-4-5-12(15)10-7-6-9(13)8-11(10)14/h6-8,12H,2-5,15H2,1H3. The van der Waals surface area contributed by atoms with Gasteiger partial charge in [-0.25, -0.2) is 4.39 Å². The number of nitrogens with two attached hydrogens (primary N) is 1. The van der Waals surface area contributed by atoms with Crippen LogP contribution in [-0.4, -0.2) is 0 Å². The molecule has 3 heteroatoms. The van der Waals surface area contributed by atoms with E-state index in [0.29, 0.717) is 10.6 Å². The third-order valence-corrected chi connectivity index (χ3v) is 2.72. The maximum Gasteiger partial charge on any atom is 0.129 e. The van der Waals surface area contributed by atoms with Gasteiger partial charge in [0.05, 0.1) is 0 Å². The highest BCUT2D eigenvalue weighted by molar-refractivity contribution is 6.30. The number of rotatable bonds is 5. The van der Waals surface area contributed by atoms with Gasteiger partial charge >= 0.3 is 0 Å². The van der Waals surface area contributed by atoms with Crippen molar-refractivity contribution in [1.82, 2.24) is 0 Å². The highest BCUT2D eigenvalue weighted by atomic mass is 35.5. The van der Waals surface area contributed by atoms with E-state index in [4.69, 9.17) is 17.3 Å². The molecule has 1 atom stereocenters. The van der Waals surface area contributed by atoms with E-state index in [0.717, 1.165) is 25.7 Å². The average molecular weight is 230 g/mol. The molecule has 0 spiro atoms. The molecule has 1 rings (SSSR count). The van der Waals surface area contributed by atoms with Crippen LogP contribution in [0, 0.1) is 5.82 Å². The molecule has 1 nitrogen and oxygen atoms in total. The monoisotopic (exact) mass is 229 g/mol. The van der Waals surface area contributed by atoms with Crippen molar-refractivity contribution >= 4 is 11.6 Å². The molecule has 84 valence electrons.